The van der Waals surface area contributed by atoms with Crippen LogP contribution in [0.15, 0.2) is 42.7 Å². The average Bonchev–Trinajstić information content (AvgIpc) is 2.71. The van der Waals surface area contributed by atoms with Gasteiger partial charge in [-0.05, 0) is 30.7 Å². The highest BCUT2D eigenvalue weighted by atomic mass is 35.5. The second-order valence-electron chi connectivity index (χ2n) is 3.33. The van der Waals surface area contributed by atoms with E-state index < -0.39 is 0 Å². The molecule has 0 bridgehead atoms. The number of rotatable bonds is 2. The van der Waals surface area contributed by atoms with Gasteiger partial charge in [0.2, 0.25) is 0 Å². The van der Waals surface area contributed by atoms with Crippen LogP contribution in [-0.4, -0.2) is 9.78 Å². The minimum Gasteiger partial charge on any atom is -0.324 e. The first-order chi connectivity index (χ1) is 6.77. The molecule has 0 aliphatic heterocycles. The molecule has 0 saturated carbocycles. The van der Waals surface area contributed by atoms with Gasteiger partial charge in [0.05, 0.1) is 5.69 Å². The summed E-state index contributed by atoms with van der Waals surface area (Å²) in [5.74, 6) is 0. The van der Waals surface area contributed by atoms with Crippen LogP contribution in [0.4, 0.5) is 0 Å². The van der Waals surface area contributed by atoms with Crippen molar-refractivity contribution in [1.29, 1.82) is 0 Å². The van der Waals surface area contributed by atoms with Crippen molar-refractivity contribution < 1.29 is 0 Å². The van der Waals surface area contributed by atoms with E-state index in [1.54, 1.807) is 6.20 Å². The normalized spacial score (nSPS) is 11.9. The van der Waals surface area contributed by atoms with E-state index in [0.29, 0.717) is 0 Å². The Kier molecular flexibility index (Phi) is 3.88. The Bertz CT molecular complexity index is 392. The molecule has 0 aliphatic carbocycles. The molecular weight excluding hydrogens is 210 g/mol. The fourth-order valence-electron chi connectivity index (χ4n) is 1.35. The van der Waals surface area contributed by atoms with Crippen molar-refractivity contribution in [2.24, 2.45) is 5.73 Å². The zero-order chi connectivity index (χ0) is 9.97. The third-order valence-electron chi connectivity index (χ3n) is 2.19. The summed E-state index contributed by atoms with van der Waals surface area (Å²) in [5.41, 5.74) is 7.95. The van der Waals surface area contributed by atoms with Gasteiger partial charge in [0, 0.05) is 18.4 Å². The molecule has 0 radical (unpaired) electrons. The number of halogens is 1. The van der Waals surface area contributed by atoms with Gasteiger partial charge in [0.1, 0.15) is 0 Å². The largest absolute Gasteiger partial charge is 0.324 e. The monoisotopic (exact) mass is 223 g/mol. The van der Waals surface area contributed by atoms with Gasteiger partial charge in [-0.2, -0.15) is 5.10 Å². The number of nitrogens with zero attached hydrogens (tertiary/aromatic N) is 2. The fourth-order valence-corrected chi connectivity index (χ4v) is 1.35. The predicted molar refractivity (Wildman–Crippen MR) is 63.4 cm³/mol. The highest BCUT2D eigenvalue weighted by Crippen LogP contribution is 2.12. The van der Waals surface area contributed by atoms with Crippen LogP contribution in [0.3, 0.4) is 0 Å². The maximum absolute atomic E-state index is 5.76. The van der Waals surface area contributed by atoms with E-state index in [1.807, 2.05) is 48.1 Å². The lowest BCUT2D eigenvalue weighted by atomic mass is 10.1. The van der Waals surface area contributed by atoms with Crippen molar-refractivity contribution >= 4 is 12.4 Å². The van der Waals surface area contributed by atoms with E-state index >= 15 is 0 Å². The first-order valence-corrected chi connectivity index (χ1v) is 4.63. The van der Waals surface area contributed by atoms with Crippen LogP contribution in [0.5, 0.6) is 0 Å². The molecule has 1 heterocycles. The zero-order valence-electron chi connectivity index (χ0n) is 8.50. The maximum atomic E-state index is 5.76. The highest BCUT2D eigenvalue weighted by Gasteiger charge is 1.99. The summed E-state index contributed by atoms with van der Waals surface area (Å²) in [6, 6.07) is 10.1. The van der Waals surface area contributed by atoms with Crippen LogP contribution in [0.25, 0.3) is 5.69 Å². The van der Waals surface area contributed by atoms with Crippen LogP contribution in [0.2, 0.25) is 0 Å². The first-order valence-electron chi connectivity index (χ1n) is 4.63. The Morgan fingerprint density at radius 1 is 1.27 bits per heavy atom. The van der Waals surface area contributed by atoms with E-state index in [2.05, 4.69) is 5.10 Å². The van der Waals surface area contributed by atoms with Crippen LogP contribution >= 0.6 is 12.4 Å². The molecule has 0 aliphatic rings. The molecule has 1 aromatic carbocycles. The van der Waals surface area contributed by atoms with Gasteiger partial charge in [-0.25, -0.2) is 4.68 Å². The van der Waals surface area contributed by atoms with Gasteiger partial charge in [0.15, 0.2) is 0 Å². The molecular formula is C11H14ClN3. The number of hydrogen-bond donors (Lipinski definition) is 1. The first kappa shape index (κ1) is 11.8. The summed E-state index contributed by atoms with van der Waals surface area (Å²) < 4.78 is 1.82. The second-order valence-corrected chi connectivity index (χ2v) is 3.33. The average molecular weight is 224 g/mol. The number of hydrogen-bond acceptors (Lipinski definition) is 2. The smallest absolute Gasteiger partial charge is 0.0645 e. The van der Waals surface area contributed by atoms with E-state index in [1.165, 1.54) is 0 Å². The van der Waals surface area contributed by atoms with Crippen molar-refractivity contribution in [2.75, 3.05) is 0 Å². The Labute approximate surface area is 95.3 Å². The molecule has 1 aromatic heterocycles. The molecule has 0 fully saturated rings. The molecule has 0 saturated heterocycles. The molecule has 15 heavy (non-hydrogen) atoms. The SMILES string of the molecule is CC(N)c1ccc(-n2cccn2)cc1.Cl. The molecule has 3 nitrogen and oxygen atoms in total. The van der Waals surface area contributed by atoms with Gasteiger partial charge < -0.3 is 5.73 Å². The summed E-state index contributed by atoms with van der Waals surface area (Å²) >= 11 is 0. The lowest BCUT2D eigenvalue weighted by Crippen LogP contribution is -2.05. The fraction of sp³-hybridized carbons (Fsp3) is 0.182. The molecule has 1 atom stereocenters. The molecule has 2 rings (SSSR count). The Morgan fingerprint density at radius 3 is 2.40 bits per heavy atom. The highest BCUT2D eigenvalue weighted by molar-refractivity contribution is 5.85. The lowest BCUT2D eigenvalue weighted by molar-refractivity contribution is 0.814. The van der Waals surface area contributed by atoms with Gasteiger partial charge in [-0.15, -0.1) is 12.4 Å². The van der Waals surface area contributed by atoms with Crippen LogP contribution in [0.1, 0.15) is 18.5 Å². The van der Waals surface area contributed by atoms with E-state index in [9.17, 15) is 0 Å². The molecule has 4 heteroatoms. The van der Waals surface area contributed by atoms with Crippen molar-refractivity contribution in [3.8, 4) is 5.69 Å². The van der Waals surface area contributed by atoms with Gasteiger partial charge in [-0.1, -0.05) is 12.1 Å². The Morgan fingerprint density at radius 2 is 1.93 bits per heavy atom. The summed E-state index contributed by atoms with van der Waals surface area (Å²) in [6.45, 7) is 1.98. The maximum Gasteiger partial charge on any atom is 0.0645 e. The Balaban J connectivity index is 0.00000112. The van der Waals surface area contributed by atoms with Crippen molar-refractivity contribution in [3.05, 3.63) is 48.3 Å². The molecule has 0 amide bonds. The third kappa shape index (κ3) is 2.58. The zero-order valence-corrected chi connectivity index (χ0v) is 9.32. The predicted octanol–water partition coefficient (Wildman–Crippen LogP) is 2.31. The number of aromatic nitrogens is 2. The quantitative estimate of drug-likeness (QED) is 0.849. The van der Waals surface area contributed by atoms with Gasteiger partial charge in [0.25, 0.3) is 0 Å². The molecule has 2 aromatic rings. The Hall–Kier alpha value is -1.32. The van der Waals surface area contributed by atoms with Crippen molar-refractivity contribution in [3.63, 3.8) is 0 Å². The summed E-state index contributed by atoms with van der Waals surface area (Å²) in [7, 11) is 0. The summed E-state index contributed by atoms with van der Waals surface area (Å²) in [4.78, 5) is 0. The molecule has 1 unspecified atom stereocenters. The lowest BCUT2D eigenvalue weighted by Gasteiger charge is -2.06. The van der Waals surface area contributed by atoms with Crippen LogP contribution in [-0.2, 0) is 0 Å². The minimum atomic E-state index is 0. The number of nitrogens with two attached hydrogens (primary N) is 1. The third-order valence-corrected chi connectivity index (χ3v) is 2.19. The van der Waals surface area contributed by atoms with E-state index in [-0.39, 0.29) is 18.4 Å². The van der Waals surface area contributed by atoms with E-state index in [4.69, 9.17) is 5.73 Å². The van der Waals surface area contributed by atoms with Crippen LogP contribution < -0.4 is 5.73 Å². The van der Waals surface area contributed by atoms with Crippen molar-refractivity contribution in [1.82, 2.24) is 9.78 Å². The molecule has 2 N–H and O–H groups in total. The molecule has 0 spiro atoms. The topological polar surface area (TPSA) is 43.8 Å². The second kappa shape index (κ2) is 4.96. The van der Waals surface area contributed by atoms with Gasteiger partial charge in [-0.3, -0.25) is 0 Å². The minimum absolute atomic E-state index is 0. The van der Waals surface area contributed by atoms with Gasteiger partial charge >= 0.3 is 0 Å². The standard InChI is InChI=1S/C11H13N3.ClH/c1-9(12)10-3-5-11(6-4-10)14-8-2-7-13-14;/h2-9H,12H2,1H3;1H. The molecule has 80 valence electrons. The van der Waals surface area contributed by atoms with Crippen LogP contribution in [0, 0.1) is 0 Å². The van der Waals surface area contributed by atoms with E-state index in [0.717, 1.165) is 11.3 Å². The summed E-state index contributed by atoms with van der Waals surface area (Å²) in [6.07, 6.45) is 3.68. The van der Waals surface area contributed by atoms with Crippen molar-refractivity contribution in [2.45, 2.75) is 13.0 Å². The summed E-state index contributed by atoms with van der Waals surface area (Å²) in [5, 5.41) is 4.15. The number of benzene rings is 1.